The average Bonchev–Trinajstić information content (AvgIpc) is 2.83. The largest absolute Gasteiger partial charge is 0.504 e. The van der Waals surface area contributed by atoms with Gasteiger partial charge in [0, 0.05) is 0 Å². The van der Waals surface area contributed by atoms with Gasteiger partial charge in [0.1, 0.15) is 30.2 Å². The smallest absolute Gasteiger partial charge is 0.186 e. The molecule has 5 N–H and O–H groups in total. The molecule has 6 atom stereocenters. The summed E-state index contributed by atoms with van der Waals surface area (Å²) in [7, 11) is 0. The molecule has 1 fully saturated rings. The first-order valence-electron chi connectivity index (χ1n) is 11.5. The highest BCUT2D eigenvalue weighted by Gasteiger charge is 2.44. The van der Waals surface area contributed by atoms with Crippen LogP contribution < -0.4 is 4.74 Å². The van der Waals surface area contributed by atoms with E-state index >= 15 is 0 Å². The number of aliphatic hydroxyl groups excluding tert-OH is 4. The summed E-state index contributed by atoms with van der Waals surface area (Å²) in [5.41, 5.74) is 2.14. The number of rotatable bonds is 3. The molecule has 0 amide bonds. The van der Waals surface area contributed by atoms with E-state index in [2.05, 4.69) is 0 Å². The number of hydrogen-bond donors (Lipinski definition) is 5. The molecule has 0 radical (unpaired) electrons. The van der Waals surface area contributed by atoms with Gasteiger partial charge in [-0.25, -0.2) is 0 Å². The van der Waals surface area contributed by atoms with Crippen molar-refractivity contribution in [3.63, 3.8) is 0 Å². The van der Waals surface area contributed by atoms with Crippen LogP contribution in [0.2, 0.25) is 0 Å². The number of phenolic OH excluding ortho intramolecular Hbond substituents is 1. The Morgan fingerprint density at radius 3 is 2.36 bits per heavy atom. The SMILES string of the molecule is OCC1OC(OC2CCCCc3ccc(O)c(c3)Oc3ccc(cc3)CC2)C(O)C(O)C1O. The molecular formula is C25H32O8. The Bertz CT molecular complexity index is 900. The van der Waals surface area contributed by atoms with Gasteiger partial charge in [0.15, 0.2) is 17.8 Å². The van der Waals surface area contributed by atoms with Crippen molar-refractivity contribution in [3.8, 4) is 17.2 Å². The number of aliphatic hydroxyl groups is 4. The summed E-state index contributed by atoms with van der Waals surface area (Å²) in [5, 5.41) is 50.0. The zero-order valence-corrected chi connectivity index (χ0v) is 18.4. The summed E-state index contributed by atoms with van der Waals surface area (Å²) in [6, 6.07) is 13.0. The fraction of sp³-hybridized carbons (Fsp3) is 0.520. The lowest BCUT2D eigenvalue weighted by Gasteiger charge is -2.41. The molecule has 4 bridgehead atoms. The van der Waals surface area contributed by atoms with Crippen LogP contribution in [0.3, 0.4) is 0 Å². The quantitative estimate of drug-likeness (QED) is 0.471. The van der Waals surface area contributed by atoms with E-state index in [1.165, 1.54) is 0 Å². The summed E-state index contributed by atoms with van der Waals surface area (Å²) in [6.07, 6.45) is -1.99. The maximum Gasteiger partial charge on any atom is 0.186 e. The van der Waals surface area contributed by atoms with Gasteiger partial charge in [-0.2, -0.15) is 0 Å². The highest BCUT2D eigenvalue weighted by atomic mass is 16.7. The number of benzene rings is 2. The van der Waals surface area contributed by atoms with Crippen molar-refractivity contribution in [1.82, 2.24) is 0 Å². The maximum absolute atomic E-state index is 10.4. The summed E-state index contributed by atoms with van der Waals surface area (Å²) in [5.74, 6) is 1.16. The van der Waals surface area contributed by atoms with Crippen LogP contribution in [-0.4, -0.2) is 68.9 Å². The third kappa shape index (κ3) is 5.84. The maximum atomic E-state index is 10.4. The third-order valence-corrected chi connectivity index (χ3v) is 6.35. The lowest BCUT2D eigenvalue weighted by atomic mass is 9.98. The van der Waals surface area contributed by atoms with E-state index in [4.69, 9.17) is 14.2 Å². The minimum atomic E-state index is -1.46. The molecule has 3 heterocycles. The molecule has 0 spiro atoms. The fourth-order valence-corrected chi connectivity index (χ4v) is 4.33. The molecule has 3 aliphatic heterocycles. The second-order valence-corrected chi connectivity index (χ2v) is 8.79. The molecule has 8 heteroatoms. The number of hydrogen-bond acceptors (Lipinski definition) is 8. The van der Waals surface area contributed by atoms with Crippen molar-refractivity contribution in [2.45, 2.75) is 75.3 Å². The zero-order valence-electron chi connectivity index (χ0n) is 18.4. The van der Waals surface area contributed by atoms with Crippen LogP contribution in [0.15, 0.2) is 42.5 Å². The van der Waals surface area contributed by atoms with Gasteiger partial charge in [-0.1, -0.05) is 24.6 Å². The predicted molar refractivity (Wildman–Crippen MR) is 119 cm³/mol. The normalized spacial score (nSPS) is 30.8. The van der Waals surface area contributed by atoms with Crippen molar-refractivity contribution in [2.24, 2.45) is 0 Å². The van der Waals surface area contributed by atoms with Gasteiger partial charge in [-0.15, -0.1) is 0 Å². The molecule has 6 unspecified atom stereocenters. The van der Waals surface area contributed by atoms with Crippen LogP contribution in [0.4, 0.5) is 0 Å². The topological polar surface area (TPSA) is 129 Å². The summed E-state index contributed by atoms with van der Waals surface area (Å²) < 4.78 is 17.5. The van der Waals surface area contributed by atoms with Gasteiger partial charge in [0.2, 0.25) is 0 Å². The molecule has 33 heavy (non-hydrogen) atoms. The predicted octanol–water partition coefficient (Wildman–Crippen LogP) is 2.03. The molecule has 2 aromatic carbocycles. The van der Waals surface area contributed by atoms with Crippen molar-refractivity contribution in [1.29, 1.82) is 0 Å². The molecule has 5 rings (SSSR count). The zero-order chi connectivity index (χ0) is 23.4. The minimum Gasteiger partial charge on any atom is -0.504 e. The summed E-state index contributed by atoms with van der Waals surface area (Å²) in [4.78, 5) is 0. The van der Waals surface area contributed by atoms with Crippen LogP contribution in [0, 0.1) is 0 Å². The molecular weight excluding hydrogens is 428 g/mol. The van der Waals surface area contributed by atoms with Gasteiger partial charge in [0.05, 0.1) is 12.7 Å². The van der Waals surface area contributed by atoms with E-state index in [0.717, 1.165) is 36.8 Å². The Balaban J connectivity index is 1.49. The van der Waals surface area contributed by atoms with Gasteiger partial charge in [0.25, 0.3) is 0 Å². The molecule has 8 nitrogen and oxygen atoms in total. The number of aromatic hydroxyl groups is 1. The third-order valence-electron chi connectivity index (χ3n) is 6.35. The Morgan fingerprint density at radius 2 is 1.61 bits per heavy atom. The number of ether oxygens (including phenoxy) is 3. The van der Waals surface area contributed by atoms with Gasteiger partial charge in [-0.3, -0.25) is 0 Å². The van der Waals surface area contributed by atoms with Gasteiger partial charge >= 0.3 is 0 Å². The first-order valence-corrected chi connectivity index (χ1v) is 11.5. The van der Waals surface area contributed by atoms with E-state index in [9.17, 15) is 25.5 Å². The number of fused-ring (bicyclic) bond motifs is 8. The van der Waals surface area contributed by atoms with Crippen LogP contribution in [0.1, 0.15) is 36.8 Å². The Labute approximate surface area is 193 Å². The Morgan fingerprint density at radius 1 is 0.848 bits per heavy atom. The van der Waals surface area contributed by atoms with Crippen molar-refractivity contribution in [2.75, 3.05) is 6.61 Å². The Kier molecular flexibility index (Phi) is 7.85. The Hall–Kier alpha value is -2.20. The lowest BCUT2D eigenvalue weighted by molar-refractivity contribution is -0.312. The molecule has 180 valence electrons. The van der Waals surface area contributed by atoms with Crippen molar-refractivity contribution in [3.05, 3.63) is 53.6 Å². The van der Waals surface area contributed by atoms with Crippen molar-refractivity contribution >= 4 is 0 Å². The monoisotopic (exact) mass is 460 g/mol. The van der Waals surface area contributed by atoms with Crippen LogP contribution >= 0.6 is 0 Å². The average molecular weight is 461 g/mol. The number of phenols is 1. The lowest BCUT2D eigenvalue weighted by Crippen LogP contribution is -2.59. The highest BCUT2D eigenvalue weighted by Crippen LogP contribution is 2.33. The minimum absolute atomic E-state index is 0.0973. The van der Waals surface area contributed by atoms with Gasteiger partial charge in [-0.05, 0) is 67.5 Å². The van der Waals surface area contributed by atoms with E-state index in [1.54, 1.807) is 6.07 Å². The first-order chi connectivity index (χ1) is 15.9. The van der Waals surface area contributed by atoms with E-state index in [0.29, 0.717) is 24.3 Å². The fourth-order valence-electron chi connectivity index (χ4n) is 4.33. The molecule has 0 saturated carbocycles. The van der Waals surface area contributed by atoms with Gasteiger partial charge < -0.3 is 39.7 Å². The standard InChI is InChI=1S/C25H32O8/c26-14-21-22(28)23(29)24(30)25(33-21)32-17-4-2-1-3-16-8-12-19(27)20(13-16)31-18-10-6-15(5-9-17)7-11-18/h6-8,10-13,17,21-30H,1-5,9,14H2. The van der Waals surface area contributed by atoms with Crippen LogP contribution in [0.5, 0.6) is 17.2 Å². The molecule has 0 aromatic heterocycles. The molecule has 1 saturated heterocycles. The second kappa shape index (κ2) is 10.8. The van der Waals surface area contributed by atoms with Crippen molar-refractivity contribution < 1.29 is 39.7 Å². The van der Waals surface area contributed by atoms with E-state index < -0.39 is 37.3 Å². The first kappa shape index (κ1) is 23.9. The summed E-state index contributed by atoms with van der Waals surface area (Å²) >= 11 is 0. The van der Waals surface area contributed by atoms with Crippen LogP contribution in [-0.2, 0) is 22.3 Å². The highest BCUT2D eigenvalue weighted by molar-refractivity contribution is 5.45. The summed E-state index contributed by atoms with van der Waals surface area (Å²) in [6.45, 7) is -0.488. The van der Waals surface area contributed by atoms with Crippen LogP contribution in [0.25, 0.3) is 0 Å². The molecule has 2 aromatic rings. The second-order valence-electron chi connectivity index (χ2n) is 8.79. The molecule has 0 aliphatic carbocycles. The molecule has 3 aliphatic rings. The van der Waals surface area contributed by atoms with E-state index in [1.807, 2.05) is 36.4 Å². The number of aryl methyl sites for hydroxylation is 2. The van der Waals surface area contributed by atoms with E-state index in [-0.39, 0.29) is 11.9 Å².